The molecule has 0 amide bonds. The van der Waals surface area contributed by atoms with Gasteiger partial charge in [-0.15, -0.1) is 5.10 Å². The average molecular weight is 353 g/mol. The van der Waals surface area contributed by atoms with Crippen molar-refractivity contribution in [3.05, 3.63) is 48.2 Å². The summed E-state index contributed by atoms with van der Waals surface area (Å²) in [5.41, 5.74) is 3.69. The Balaban J connectivity index is 1.89. The van der Waals surface area contributed by atoms with E-state index < -0.39 is 0 Å². The first-order valence-electron chi connectivity index (χ1n) is 8.76. The normalized spacial score (nSPS) is 12.5. The molecule has 136 valence electrons. The second kappa shape index (κ2) is 8.05. The Labute approximate surface area is 152 Å². The lowest BCUT2D eigenvalue weighted by atomic mass is 10.0. The predicted molar refractivity (Wildman–Crippen MR) is 98.3 cm³/mol. The number of rotatable bonds is 7. The molecule has 0 radical (unpaired) electrons. The Morgan fingerprint density at radius 2 is 2.00 bits per heavy atom. The number of benzene rings is 1. The number of hydrogen-bond donors (Lipinski definition) is 1. The van der Waals surface area contributed by atoms with Crippen molar-refractivity contribution in [1.82, 2.24) is 25.4 Å². The Morgan fingerprint density at radius 3 is 2.69 bits per heavy atom. The van der Waals surface area contributed by atoms with Crippen LogP contribution in [0.25, 0.3) is 16.8 Å². The number of esters is 1. The summed E-state index contributed by atoms with van der Waals surface area (Å²) in [6.45, 7) is 6.62. The number of fused-ring (bicyclic) bond motifs is 1. The molecular weight excluding hydrogens is 330 g/mol. The first-order chi connectivity index (χ1) is 12.6. The lowest BCUT2D eigenvalue weighted by Crippen LogP contribution is -2.41. The van der Waals surface area contributed by atoms with Crippen LogP contribution in [0.3, 0.4) is 0 Å². The number of tetrazole rings is 1. The molecule has 26 heavy (non-hydrogen) atoms. The van der Waals surface area contributed by atoms with Gasteiger partial charge in [0.25, 0.3) is 0 Å². The van der Waals surface area contributed by atoms with Crippen LogP contribution in [0.4, 0.5) is 0 Å². The van der Waals surface area contributed by atoms with Crippen LogP contribution in [0.15, 0.2) is 42.6 Å². The fraction of sp³-hybridized carbons (Fsp3) is 0.368. The van der Waals surface area contributed by atoms with E-state index in [1.54, 1.807) is 4.52 Å². The summed E-state index contributed by atoms with van der Waals surface area (Å²) >= 11 is 0. The van der Waals surface area contributed by atoms with Crippen molar-refractivity contribution < 1.29 is 9.53 Å². The number of aromatic nitrogens is 4. The van der Waals surface area contributed by atoms with Crippen molar-refractivity contribution in [3.8, 4) is 11.1 Å². The van der Waals surface area contributed by atoms with Crippen LogP contribution in [0.5, 0.6) is 0 Å². The van der Waals surface area contributed by atoms with Crippen LogP contribution < -0.4 is 5.32 Å². The first-order valence-corrected chi connectivity index (χ1v) is 8.76. The number of ether oxygens (including phenoxy) is 1. The van der Waals surface area contributed by atoms with Gasteiger partial charge >= 0.3 is 5.97 Å². The molecular formula is C19H23N5O2. The molecule has 3 rings (SSSR count). The monoisotopic (exact) mass is 353 g/mol. The molecule has 2 aromatic heterocycles. The van der Waals surface area contributed by atoms with Crippen molar-refractivity contribution in [3.63, 3.8) is 0 Å². The minimum Gasteiger partial charge on any atom is -0.465 e. The van der Waals surface area contributed by atoms with E-state index >= 15 is 0 Å². The van der Waals surface area contributed by atoms with Crippen LogP contribution in [0.1, 0.15) is 26.3 Å². The molecule has 0 bridgehead atoms. The largest absolute Gasteiger partial charge is 0.465 e. The molecule has 0 aliphatic rings. The van der Waals surface area contributed by atoms with Gasteiger partial charge in [0, 0.05) is 23.9 Å². The molecule has 0 unspecified atom stereocenters. The Kier molecular flexibility index (Phi) is 5.58. The second-order valence-corrected chi connectivity index (χ2v) is 6.42. The van der Waals surface area contributed by atoms with Gasteiger partial charge in [-0.05, 0) is 34.9 Å². The molecule has 0 aliphatic heterocycles. The first kappa shape index (κ1) is 18.0. The molecule has 1 atom stereocenters. The average Bonchev–Trinajstić information content (AvgIpc) is 3.11. The van der Waals surface area contributed by atoms with Gasteiger partial charge in [0.05, 0.1) is 6.61 Å². The number of hydrogen-bond acceptors (Lipinski definition) is 6. The molecule has 0 fully saturated rings. The van der Waals surface area contributed by atoms with Gasteiger partial charge in [-0.25, -0.2) is 0 Å². The Hall–Kier alpha value is -2.80. The smallest absolute Gasteiger partial charge is 0.323 e. The molecule has 0 saturated carbocycles. The van der Waals surface area contributed by atoms with Crippen LogP contribution in [-0.4, -0.2) is 38.7 Å². The van der Waals surface area contributed by atoms with Crippen LogP contribution in [0.2, 0.25) is 0 Å². The zero-order chi connectivity index (χ0) is 18.5. The van der Waals surface area contributed by atoms with Crippen molar-refractivity contribution in [1.29, 1.82) is 0 Å². The third-order valence-electron chi connectivity index (χ3n) is 4.20. The van der Waals surface area contributed by atoms with E-state index in [9.17, 15) is 4.79 Å². The molecule has 7 nitrogen and oxygen atoms in total. The zero-order valence-electron chi connectivity index (χ0n) is 15.2. The lowest BCUT2D eigenvalue weighted by Gasteiger charge is -2.20. The van der Waals surface area contributed by atoms with E-state index in [4.69, 9.17) is 4.74 Å². The van der Waals surface area contributed by atoms with Gasteiger partial charge < -0.3 is 4.74 Å². The Bertz CT molecular complexity index is 876. The van der Waals surface area contributed by atoms with E-state index in [1.807, 2.05) is 57.3 Å². The van der Waals surface area contributed by atoms with E-state index in [0.29, 0.717) is 18.8 Å². The third-order valence-corrected chi connectivity index (χ3v) is 4.20. The standard InChI is InChI=1S/C19H23N5O2/c1-4-26-19(25)17(13(2)3)20-11-15-10-16(14-8-6-5-7-9-14)12-24-18(15)21-22-23-24/h5-10,12-13,17,20H,4,11H2,1-3H3/t17-/m1/s1. The van der Waals surface area contributed by atoms with Gasteiger partial charge in [0.2, 0.25) is 0 Å². The molecule has 0 saturated heterocycles. The van der Waals surface area contributed by atoms with Crippen molar-refractivity contribution >= 4 is 11.6 Å². The lowest BCUT2D eigenvalue weighted by molar-refractivity contribution is -0.146. The summed E-state index contributed by atoms with van der Waals surface area (Å²) in [7, 11) is 0. The van der Waals surface area contributed by atoms with Gasteiger partial charge in [-0.1, -0.05) is 44.2 Å². The van der Waals surface area contributed by atoms with Crippen molar-refractivity contribution in [2.75, 3.05) is 6.61 Å². The fourth-order valence-electron chi connectivity index (χ4n) is 2.87. The van der Waals surface area contributed by atoms with Gasteiger partial charge in [-0.3, -0.25) is 10.1 Å². The number of nitrogens with one attached hydrogen (secondary N) is 1. The maximum Gasteiger partial charge on any atom is 0.323 e. The maximum atomic E-state index is 12.2. The summed E-state index contributed by atoms with van der Waals surface area (Å²) in [6.07, 6.45) is 1.90. The summed E-state index contributed by atoms with van der Waals surface area (Å²) in [6, 6.07) is 11.7. The number of nitrogens with zero attached hydrogens (tertiary/aromatic N) is 4. The second-order valence-electron chi connectivity index (χ2n) is 6.42. The van der Waals surface area contributed by atoms with E-state index in [1.165, 1.54) is 0 Å². The topological polar surface area (TPSA) is 81.4 Å². The van der Waals surface area contributed by atoms with Gasteiger partial charge in [0.15, 0.2) is 5.65 Å². The maximum absolute atomic E-state index is 12.2. The SMILES string of the molecule is CCOC(=O)[C@H](NCc1cc(-c2ccccc2)cn2nnnc12)C(C)C. The van der Waals surface area contributed by atoms with Crippen molar-refractivity contribution in [2.45, 2.75) is 33.4 Å². The van der Waals surface area contributed by atoms with Gasteiger partial charge in [-0.2, -0.15) is 4.52 Å². The minimum absolute atomic E-state index is 0.110. The summed E-state index contributed by atoms with van der Waals surface area (Å²) < 4.78 is 6.83. The zero-order valence-corrected chi connectivity index (χ0v) is 15.2. The number of carbonyl (C=O) groups excluding carboxylic acids is 1. The summed E-state index contributed by atoms with van der Waals surface area (Å²) in [4.78, 5) is 12.2. The van der Waals surface area contributed by atoms with E-state index in [-0.39, 0.29) is 17.9 Å². The highest BCUT2D eigenvalue weighted by atomic mass is 16.5. The van der Waals surface area contributed by atoms with Crippen molar-refractivity contribution in [2.24, 2.45) is 5.92 Å². The summed E-state index contributed by atoms with van der Waals surface area (Å²) in [5.74, 6) is -0.129. The van der Waals surface area contributed by atoms with Crippen LogP contribution >= 0.6 is 0 Å². The number of carbonyl (C=O) groups is 1. The fourth-order valence-corrected chi connectivity index (χ4v) is 2.87. The van der Waals surface area contributed by atoms with E-state index in [0.717, 1.165) is 16.7 Å². The molecule has 0 spiro atoms. The molecule has 7 heteroatoms. The van der Waals surface area contributed by atoms with Crippen LogP contribution in [-0.2, 0) is 16.1 Å². The molecule has 3 aromatic rings. The summed E-state index contributed by atoms with van der Waals surface area (Å²) in [5, 5.41) is 15.2. The van der Waals surface area contributed by atoms with E-state index in [2.05, 4.69) is 26.9 Å². The highest BCUT2D eigenvalue weighted by Crippen LogP contribution is 2.22. The van der Waals surface area contributed by atoms with Gasteiger partial charge in [0.1, 0.15) is 6.04 Å². The predicted octanol–water partition coefficient (Wildman–Crippen LogP) is 2.47. The highest BCUT2D eigenvalue weighted by Gasteiger charge is 2.23. The van der Waals surface area contributed by atoms with Crippen LogP contribution in [0, 0.1) is 5.92 Å². The molecule has 1 aromatic carbocycles. The molecule has 1 N–H and O–H groups in total. The third kappa shape index (κ3) is 3.88. The number of pyridine rings is 1. The molecule has 0 aliphatic carbocycles. The minimum atomic E-state index is -0.383. The quantitative estimate of drug-likeness (QED) is 0.657. The Morgan fingerprint density at radius 1 is 1.23 bits per heavy atom. The molecule has 2 heterocycles. The highest BCUT2D eigenvalue weighted by molar-refractivity contribution is 5.76.